The number of carbonyl (C=O) groups is 2. The number of amides is 1. The highest BCUT2D eigenvalue weighted by Crippen LogP contribution is 2.12. The summed E-state index contributed by atoms with van der Waals surface area (Å²) < 4.78 is 0. The lowest BCUT2D eigenvalue weighted by Crippen LogP contribution is -2.37. The highest BCUT2D eigenvalue weighted by molar-refractivity contribution is 7.99. The van der Waals surface area contributed by atoms with Crippen molar-refractivity contribution in [1.82, 2.24) is 5.32 Å². The molecule has 0 aliphatic heterocycles. The van der Waals surface area contributed by atoms with E-state index < -0.39 is 12.0 Å². The summed E-state index contributed by atoms with van der Waals surface area (Å²) in [7, 11) is 0. The zero-order chi connectivity index (χ0) is 18.4. The number of allylic oxidation sites excluding steroid dienone is 5. The van der Waals surface area contributed by atoms with Gasteiger partial charge in [0.25, 0.3) is 0 Å². The van der Waals surface area contributed by atoms with Gasteiger partial charge in [-0.05, 0) is 53.4 Å². The molecule has 0 aromatic carbocycles. The molecule has 0 aliphatic carbocycles. The highest BCUT2D eigenvalue weighted by Gasteiger charge is 2.15. The van der Waals surface area contributed by atoms with Crippen LogP contribution in [0.4, 0.5) is 0 Å². The number of hydrogen-bond donors (Lipinski definition) is 2. The third kappa shape index (κ3) is 13.0. The van der Waals surface area contributed by atoms with Gasteiger partial charge in [0.1, 0.15) is 6.04 Å². The molecule has 1 atom stereocenters. The minimum Gasteiger partial charge on any atom is -0.480 e. The average Bonchev–Trinajstić information content (AvgIpc) is 2.49. The summed E-state index contributed by atoms with van der Waals surface area (Å²) >= 11 is 1.51. The number of hydrogen-bond acceptors (Lipinski definition) is 3. The maximum Gasteiger partial charge on any atom is 0.327 e. The van der Waals surface area contributed by atoms with Crippen molar-refractivity contribution >= 4 is 24.1 Å². The van der Waals surface area contributed by atoms with Crippen molar-refractivity contribution in [3.63, 3.8) is 0 Å². The molecule has 0 aliphatic rings. The van der Waals surface area contributed by atoms with Crippen LogP contribution in [0.5, 0.6) is 0 Å². The van der Waals surface area contributed by atoms with Crippen LogP contribution in [0.25, 0.3) is 0 Å². The van der Waals surface area contributed by atoms with Crippen molar-refractivity contribution in [3.8, 4) is 0 Å². The van der Waals surface area contributed by atoms with Gasteiger partial charge in [-0.2, -0.15) is 11.8 Å². The topological polar surface area (TPSA) is 66.4 Å². The molecule has 136 valence electrons. The summed E-state index contributed by atoms with van der Waals surface area (Å²) in [5.74, 6) is 0.143. The maximum atomic E-state index is 10.9. The molecule has 4 nitrogen and oxygen atoms in total. The fourth-order valence-electron chi connectivity index (χ4n) is 2.00. The number of carboxylic acid groups (broad SMARTS) is 1. The zero-order valence-electron chi connectivity index (χ0n) is 15.3. The van der Waals surface area contributed by atoms with Gasteiger partial charge < -0.3 is 10.4 Å². The van der Waals surface area contributed by atoms with E-state index in [2.05, 4.69) is 51.2 Å². The van der Waals surface area contributed by atoms with Crippen LogP contribution in [0.1, 0.15) is 53.4 Å². The van der Waals surface area contributed by atoms with Crippen molar-refractivity contribution in [2.45, 2.75) is 59.4 Å². The Morgan fingerprint density at radius 2 is 1.62 bits per heavy atom. The van der Waals surface area contributed by atoms with Gasteiger partial charge in [0, 0.05) is 11.5 Å². The molecule has 5 heteroatoms. The van der Waals surface area contributed by atoms with Crippen LogP contribution in [0, 0.1) is 0 Å². The third-order valence-corrected chi connectivity index (χ3v) is 4.50. The number of aliphatic carboxylic acids is 1. The molecule has 1 unspecified atom stereocenters. The Kier molecular flexibility index (Phi) is 13.0. The Hall–Kier alpha value is -1.49. The van der Waals surface area contributed by atoms with Crippen LogP contribution >= 0.6 is 11.8 Å². The van der Waals surface area contributed by atoms with E-state index in [4.69, 9.17) is 5.11 Å². The molecular weight excluding hydrogens is 322 g/mol. The molecule has 0 spiro atoms. The number of thioether (sulfide) groups is 1. The highest BCUT2D eigenvalue weighted by atomic mass is 32.2. The molecule has 2 N–H and O–H groups in total. The largest absolute Gasteiger partial charge is 0.480 e. The van der Waals surface area contributed by atoms with Gasteiger partial charge in [-0.3, -0.25) is 4.79 Å². The van der Waals surface area contributed by atoms with Crippen molar-refractivity contribution in [3.05, 3.63) is 34.9 Å². The quantitative estimate of drug-likeness (QED) is 0.294. The minimum absolute atomic E-state index is 0.376. The van der Waals surface area contributed by atoms with Gasteiger partial charge in [0.2, 0.25) is 6.41 Å². The molecule has 1 amide bonds. The summed E-state index contributed by atoms with van der Waals surface area (Å²) in [6, 6.07) is -0.812. The van der Waals surface area contributed by atoms with Gasteiger partial charge in [-0.1, -0.05) is 34.9 Å². The predicted molar refractivity (Wildman–Crippen MR) is 103 cm³/mol. The van der Waals surface area contributed by atoms with Crippen LogP contribution < -0.4 is 5.32 Å². The zero-order valence-corrected chi connectivity index (χ0v) is 16.1. The summed E-state index contributed by atoms with van der Waals surface area (Å²) in [5.41, 5.74) is 4.11. The Labute approximate surface area is 150 Å². The van der Waals surface area contributed by atoms with Crippen LogP contribution in [0.3, 0.4) is 0 Å². The molecule has 0 radical (unpaired) electrons. The van der Waals surface area contributed by atoms with E-state index in [1.165, 1.54) is 28.5 Å². The Balaban J connectivity index is 4.00. The van der Waals surface area contributed by atoms with E-state index in [1.807, 2.05) is 0 Å². The fraction of sp³-hybridized carbons (Fsp3) is 0.579. The number of carboxylic acids is 1. The molecular formula is C19H31NO3S. The van der Waals surface area contributed by atoms with Gasteiger partial charge in [-0.15, -0.1) is 0 Å². The summed E-state index contributed by atoms with van der Waals surface area (Å²) in [5, 5.41) is 11.2. The van der Waals surface area contributed by atoms with Crippen molar-refractivity contribution in [2.75, 3.05) is 11.5 Å². The summed E-state index contributed by atoms with van der Waals surface area (Å²) in [6.45, 7) is 8.53. The smallest absolute Gasteiger partial charge is 0.327 e. The Morgan fingerprint density at radius 3 is 2.17 bits per heavy atom. The van der Waals surface area contributed by atoms with Crippen LogP contribution in [0.2, 0.25) is 0 Å². The second-order valence-corrected chi connectivity index (χ2v) is 7.25. The van der Waals surface area contributed by atoms with Crippen LogP contribution in [-0.2, 0) is 9.59 Å². The Bertz CT molecular complexity index is 477. The van der Waals surface area contributed by atoms with E-state index in [0.29, 0.717) is 12.2 Å². The van der Waals surface area contributed by atoms with Crippen molar-refractivity contribution < 1.29 is 14.7 Å². The molecule has 0 bridgehead atoms. The Morgan fingerprint density at radius 1 is 1.04 bits per heavy atom. The lowest BCUT2D eigenvalue weighted by Gasteiger charge is -2.09. The molecule has 24 heavy (non-hydrogen) atoms. The van der Waals surface area contributed by atoms with Gasteiger partial charge >= 0.3 is 5.97 Å². The van der Waals surface area contributed by atoms with Gasteiger partial charge in [-0.25, -0.2) is 4.79 Å². The number of carbonyl (C=O) groups excluding carboxylic acids is 1. The molecule has 0 rings (SSSR count). The molecule has 0 saturated carbocycles. The number of rotatable bonds is 13. The van der Waals surface area contributed by atoms with E-state index in [0.717, 1.165) is 31.4 Å². The van der Waals surface area contributed by atoms with E-state index in [1.54, 1.807) is 0 Å². The first kappa shape index (κ1) is 22.5. The van der Waals surface area contributed by atoms with E-state index in [-0.39, 0.29) is 0 Å². The average molecular weight is 354 g/mol. The SMILES string of the molecule is CC(C)=CCCC(C)=CCCC(C)=CCSCC(NC=O)C(=O)O. The molecule has 0 aromatic rings. The predicted octanol–water partition coefficient (Wildman–Crippen LogP) is 4.34. The maximum absolute atomic E-state index is 10.9. The third-order valence-electron chi connectivity index (χ3n) is 3.52. The van der Waals surface area contributed by atoms with Crippen molar-refractivity contribution in [1.29, 1.82) is 0 Å². The summed E-state index contributed by atoms with van der Waals surface area (Å²) in [4.78, 5) is 21.2. The van der Waals surface area contributed by atoms with Crippen LogP contribution in [0.15, 0.2) is 34.9 Å². The first-order valence-electron chi connectivity index (χ1n) is 8.31. The molecule has 0 saturated heterocycles. The number of nitrogens with one attached hydrogen (secondary N) is 1. The van der Waals surface area contributed by atoms with Gasteiger partial charge in [0.05, 0.1) is 0 Å². The second-order valence-electron chi connectivity index (χ2n) is 6.17. The van der Waals surface area contributed by atoms with E-state index in [9.17, 15) is 9.59 Å². The second kappa shape index (κ2) is 13.9. The standard InChI is InChI=1S/C19H31NO3S/c1-15(2)7-5-8-16(3)9-6-10-17(4)11-12-24-13-18(19(22)23)20-14-21/h7,9,11,14,18H,5-6,8,10,12-13H2,1-4H3,(H,20,21)(H,22,23). The first-order valence-corrected chi connectivity index (χ1v) is 9.47. The van der Waals surface area contributed by atoms with Crippen LogP contribution in [-0.4, -0.2) is 35.0 Å². The summed E-state index contributed by atoms with van der Waals surface area (Å²) in [6.07, 6.45) is 11.4. The molecule has 0 aromatic heterocycles. The van der Waals surface area contributed by atoms with E-state index >= 15 is 0 Å². The van der Waals surface area contributed by atoms with Crippen molar-refractivity contribution in [2.24, 2.45) is 0 Å². The molecule has 0 fully saturated rings. The fourth-order valence-corrected chi connectivity index (χ4v) is 3.01. The lowest BCUT2D eigenvalue weighted by molar-refractivity contribution is -0.139. The lowest BCUT2D eigenvalue weighted by atomic mass is 10.1. The minimum atomic E-state index is -0.996. The first-order chi connectivity index (χ1) is 11.4. The monoisotopic (exact) mass is 353 g/mol. The molecule has 0 heterocycles. The van der Waals surface area contributed by atoms with Gasteiger partial charge in [0.15, 0.2) is 0 Å². The normalized spacial score (nSPS) is 13.3.